The largest absolute Gasteiger partial charge is 0.466 e. The number of likely N-dealkylation sites (tertiary alicyclic amines) is 1. The number of anilines is 1. The Bertz CT molecular complexity index is 714. The molecule has 1 aliphatic carbocycles. The molecular weight excluding hydrogens is 350 g/mol. The van der Waals surface area contributed by atoms with Crippen molar-refractivity contribution >= 4 is 28.2 Å². The van der Waals surface area contributed by atoms with Gasteiger partial charge in [-0.15, -0.1) is 11.3 Å². The van der Waals surface area contributed by atoms with Gasteiger partial charge in [0.25, 0.3) is 0 Å². The molecule has 1 aliphatic heterocycles. The van der Waals surface area contributed by atoms with E-state index < -0.39 is 0 Å². The summed E-state index contributed by atoms with van der Waals surface area (Å²) in [6.45, 7) is 3.94. The first-order chi connectivity index (χ1) is 12.6. The third-order valence-corrected chi connectivity index (χ3v) is 6.32. The standard InChI is InChI=1S/C19H25N3O3S/c1-2-25-19(24)13-7-9-22(10-8-13)12-17(23)21-18-15(11-20)14-5-3-4-6-16(14)26-18/h13H,2-10,12H2,1H3,(H,21,23). The fourth-order valence-electron chi connectivity index (χ4n) is 3.73. The maximum Gasteiger partial charge on any atom is 0.309 e. The molecule has 1 saturated heterocycles. The minimum absolute atomic E-state index is 0.0523. The number of fused-ring (bicyclic) bond motifs is 1. The molecule has 1 aromatic rings. The summed E-state index contributed by atoms with van der Waals surface area (Å²) in [5.74, 6) is -0.266. The molecular formula is C19H25N3O3S. The van der Waals surface area contributed by atoms with Crippen LogP contribution in [-0.2, 0) is 27.2 Å². The van der Waals surface area contributed by atoms with Crippen LogP contribution in [0.5, 0.6) is 0 Å². The molecule has 1 N–H and O–H groups in total. The summed E-state index contributed by atoms with van der Waals surface area (Å²) < 4.78 is 5.08. The molecule has 0 atom stereocenters. The van der Waals surface area contributed by atoms with E-state index in [-0.39, 0.29) is 17.8 Å². The van der Waals surface area contributed by atoms with E-state index in [0.717, 1.165) is 44.1 Å². The van der Waals surface area contributed by atoms with Gasteiger partial charge in [0.2, 0.25) is 5.91 Å². The molecule has 0 radical (unpaired) electrons. The van der Waals surface area contributed by atoms with Crippen LogP contribution in [0, 0.1) is 17.2 Å². The Labute approximate surface area is 158 Å². The number of ether oxygens (including phenoxy) is 1. The number of thiophene rings is 1. The summed E-state index contributed by atoms with van der Waals surface area (Å²) in [6, 6.07) is 2.27. The number of nitriles is 1. The van der Waals surface area contributed by atoms with Crippen LogP contribution in [-0.4, -0.2) is 43.0 Å². The average Bonchev–Trinajstić information content (AvgIpc) is 2.99. The van der Waals surface area contributed by atoms with E-state index in [1.807, 2.05) is 6.92 Å². The van der Waals surface area contributed by atoms with Gasteiger partial charge < -0.3 is 10.1 Å². The highest BCUT2D eigenvalue weighted by molar-refractivity contribution is 7.16. The number of rotatable bonds is 5. The van der Waals surface area contributed by atoms with Crippen molar-refractivity contribution in [3.63, 3.8) is 0 Å². The molecule has 140 valence electrons. The number of amides is 1. The lowest BCUT2D eigenvalue weighted by Gasteiger charge is -2.30. The van der Waals surface area contributed by atoms with Crippen LogP contribution in [0.25, 0.3) is 0 Å². The van der Waals surface area contributed by atoms with Crippen molar-refractivity contribution in [1.82, 2.24) is 4.90 Å². The first kappa shape index (κ1) is 18.9. The van der Waals surface area contributed by atoms with E-state index in [9.17, 15) is 14.9 Å². The summed E-state index contributed by atoms with van der Waals surface area (Å²) in [7, 11) is 0. The monoisotopic (exact) mass is 375 g/mol. The highest BCUT2D eigenvalue weighted by Gasteiger charge is 2.27. The Morgan fingerprint density at radius 1 is 1.31 bits per heavy atom. The lowest BCUT2D eigenvalue weighted by atomic mass is 9.96. The highest BCUT2D eigenvalue weighted by atomic mass is 32.1. The third-order valence-electron chi connectivity index (χ3n) is 5.11. The predicted octanol–water partition coefficient (Wildman–Crippen LogP) is 2.71. The normalized spacial score (nSPS) is 18.0. The maximum absolute atomic E-state index is 12.4. The summed E-state index contributed by atoms with van der Waals surface area (Å²) in [4.78, 5) is 27.5. The van der Waals surface area contributed by atoms with Crippen molar-refractivity contribution in [3.05, 3.63) is 16.0 Å². The molecule has 1 aromatic heterocycles. The van der Waals surface area contributed by atoms with E-state index in [0.29, 0.717) is 36.8 Å². The Balaban J connectivity index is 1.53. The Morgan fingerprint density at radius 2 is 2.04 bits per heavy atom. The number of carbonyl (C=O) groups is 2. The molecule has 0 spiro atoms. The summed E-state index contributed by atoms with van der Waals surface area (Å²) in [6.07, 6.45) is 5.66. The van der Waals surface area contributed by atoms with Crippen molar-refractivity contribution < 1.29 is 14.3 Å². The number of esters is 1. The number of hydrogen-bond acceptors (Lipinski definition) is 6. The van der Waals surface area contributed by atoms with Crippen molar-refractivity contribution in [2.75, 3.05) is 31.6 Å². The molecule has 0 bridgehead atoms. The maximum atomic E-state index is 12.4. The second-order valence-corrected chi connectivity index (χ2v) is 7.98. The van der Waals surface area contributed by atoms with E-state index in [2.05, 4.69) is 16.3 Å². The SMILES string of the molecule is CCOC(=O)C1CCN(CC(=O)Nc2sc3c(c2C#N)CCCC3)CC1. The van der Waals surface area contributed by atoms with Gasteiger partial charge in [-0.05, 0) is 64.1 Å². The van der Waals surface area contributed by atoms with Gasteiger partial charge in [0.15, 0.2) is 0 Å². The van der Waals surface area contributed by atoms with Crippen molar-refractivity contribution in [3.8, 4) is 6.07 Å². The van der Waals surface area contributed by atoms with E-state index in [1.165, 1.54) is 4.88 Å². The minimum Gasteiger partial charge on any atom is -0.466 e. The van der Waals surface area contributed by atoms with Gasteiger partial charge in [-0.3, -0.25) is 14.5 Å². The van der Waals surface area contributed by atoms with Crippen molar-refractivity contribution in [1.29, 1.82) is 5.26 Å². The number of nitrogens with zero attached hydrogens (tertiary/aromatic N) is 2. The zero-order valence-electron chi connectivity index (χ0n) is 15.2. The topological polar surface area (TPSA) is 82.4 Å². The van der Waals surface area contributed by atoms with Crippen LogP contribution in [0.4, 0.5) is 5.00 Å². The number of piperidine rings is 1. The van der Waals surface area contributed by atoms with Crippen molar-refractivity contribution in [2.45, 2.75) is 45.4 Å². The predicted molar refractivity (Wildman–Crippen MR) is 100 cm³/mol. The molecule has 0 saturated carbocycles. The average molecular weight is 375 g/mol. The first-order valence-electron chi connectivity index (χ1n) is 9.35. The smallest absolute Gasteiger partial charge is 0.309 e. The lowest BCUT2D eigenvalue weighted by molar-refractivity contribution is -0.149. The van der Waals surface area contributed by atoms with Gasteiger partial charge in [-0.2, -0.15) is 5.26 Å². The lowest BCUT2D eigenvalue weighted by Crippen LogP contribution is -2.41. The second kappa shape index (κ2) is 8.65. The van der Waals surface area contributed by atoms with Crippen LogP contribution < -0.4 is 5.32 Å². The van der Waals surface area contributed by atoms with Gasteiger partial charge in [0.1, 0.15) is 11.1 Å². The number of nitrogens with one attached hydrogen (secondary N) is 1. The van der Waals surface area contributed by atoms with E-state index in [1.54, 1.807) is 11.3 Å². The highest BCUT2D eigenvalue weighted by Crippen LogP contribution is 2.37. The molecule has 2 heterocycles. The van der Waals surface area contributed by atoms with Gasteiger partial charge >= 0.3 is 5.97 Å². The summed E-state index contributed by atoms with van der Waals surface area (Å²) in [5, 5.41) is 13.1. The van der Waals surface area contributed by atoms with Crippen LogP contribution in [0.2, 0.25) is 0 Å². The van der Waals surface area contributed by atoms with Gasteiger partial charge in [-0.25, -0.2) is 0 Å². The molecule has 1 amide bonds. The second-order valence-electron chi connectivity index (χ2n) is 6.88. The molecule has 0 unspecified atom stereocenters. The molecule has 3 rings (SSSR count). The van der Waals surface area contributed by atoms with E-state index in [4.69, 9.17) is 4.74 Å². The van der Waals surface area contributed by atoms with Gasteiger partial charge in [-0.1, -0.05) is 0 Å². The Kier molecular flexibility index (Phi) is 6.28. The third kappa shape index (κ3) is 4.25. The number of hydrogen-bond donors (Lipinski definition) is 1. The van der Waals surface area contributed by atoms with Gasteiger partial charge in [0.05, 0.1) is 24.6 Å². The molecule has 26 heavy (non-hydrogen) atoms. The van der Waals surface area contributed by atoms with Crippen molar-refractivity contribution in [2.24, 2.45) is 5.92 Å². The quantitative estimate of drug-likeness (QED) is 0.800. The zero-order valence-corrected chi connectivity index (χ0v) is 16.0. The summed E-state index contributed by atoms with van der Waals surface area (Å²) >= 11 is 1.55. The fraction of sp³-hybridized carbons (Fsp3) is 0.632. The molecule has 0 aromatic carbocycles. The zero-order chi connectivity index (χ0) is 18.5. The van der Waals surface area contributed by atoms with E-state index >= 15 is 0 Å². The molecule has 6 nitrogen and oxygen atoms in total. The van der Waals surface area contributed by atoms with Gasteiger partial charge in [0, 0.05) is 4.88 Å². The molecule has 7 heteroatoms. The number of aryl methyl sites for hydroxylation is 1. The van der Waals surface area contributed by atoms with Crippen LogP contribution in [0.3, 0.4) is 0 Å². The summed E-state index contributed by atoms with van der Waals surface area (Å²) in [5.41, 5.74) is 1.79. The molecule has 2 aliphatic rings. The molecule has 1 fully saturated rings. The van der Waals surface area contributed by atoms with Crippen LogP contribution in [0.15, 0.2) is 0 Å². The Morgan fingerprint density at radius 3 is 2.73 bits per heavy atom. The number of carbonyl (C=O) groups excluding carboxylic acids is 2. The Hall–Kier alpha value is -1.91. The van der Waals surface area contributed by atoms with Crippen LogP contribution >= 0.6 is 11.3 Å². The van der Waals surface area contributed by atoms with Crippen LogP contribution in [0.1, 0.15) is 48.6 Å². The minimum atomic E-state index is -0.126. The fourth-order valence-corrected chi connectivity index (χ4v) is 4.98. The first-order valence-corrected chi connectivity index (χ1v) is 10.2.